The second-order valence-corrected chi connectivity index (χ2v) is 4.73. The van der Waals surface area contributed by atoms with Crippen molar-refractivity contribution in [3.63, 3.8) is 0 Å². The molecule has 0 heterocycles. The molecule has 0 fully saturated rings. The first kappa shape index (κ1) is 15.9. The molecule has 0 aliphatic heterocycles. The van der Waals surface area contributed by atoms with Crippen LogP contribution in [0.2, 0.25) is 5.02 Å². The predicted molar refractivity (Wildman–Crippen MR) is 71.5 cm³/mol. The minimum absolute atomic E-state index is 0.0524. The van der Waals surface area contributed by atoms with Gasteiger partial charge in [0.1, 0.15) is 5.82 Å². The van der Waals surface area contributed by atoms with Crippen LogP contribution in [0.1, 0.15) is 44.3 Å². The number of aliphatic hydroxyl groups is 1. The van der Waals surface area contributed by atoms with Gasteiger partial charge < -0.3 is 9.84 Å². The van der Waals surface area contributed by atoms with Gasteiger partial charge in [0.2, 0.25) is 0 Å². The molecule has 0 saturated carbocycles. The molecule has 0 amide bonds. The number of unbranched alkanes of at least 4 members (excludes halogenated alkanes) is 1. The lowest BCUT2D eigenvalue weighted by Gasteiger charge is -2.12. The van der Waals surface area contributed by atoms with Crippen molar-refractivity contribution < 1.29 is 19.0 Å². The van der Waals surface area contributed by atoms with Gasteiger partial charge in [-0.3, -0.25) is 4.79 Å². The fraction of sp³-hybridized carbons (Fsp3) is 0.500. The van der Waals surface area contributed by atoms with Gasteiger partial charge in [-0.05, 0) is 31.0 Å². The highest BCUT2D eigenvalue weighted by Gasteiger charge is 2.15. The molecule has 0 aliphatic rings. The Morgan fingerprint density at radius 1 is 1.53 bits per heavy atom. The highest BCUT2D eigenvalue weighted by molar-refractivity contribution is 6.30. The highest BCUT2D eigenvalue weighted by Crippen LogP contribution is 2.24. The zero-order valence-corrected chi connectivity index (χ0v) is 11.6. The third kappa shape index (κ3) is 5.57. The van der Waals surface area contributed by atoms with Gasteiger partial charge >= 0.3 is 5.97 Å². The topological polar surface area (TPSA) is 46.5 Å². The van der Waals surface area contributed by atoms with Crippen LogP contribution in [0.25, 0.3) is 0 Å². The van der Waals surface area contributed by atoms with Crippen LogP contribution < -0.4 is 0 Å². The molecule has 0 saturated heterocycles. The maximum atomic E-state index is 13.5. The first-order chi connectivity index (χ1) is 9.04. The van der Waals surface area contributed by atoms with Gasteiger partial charge in [0.25, 0.3) is 0 Å². The molecule has 1 aromatic carbocycles. The van der Waals surface area contributed by atoms with Crippen molar-refractivity contribution in [3.8, 4) is 0 Å². The Kier molecular flexibility index (Phi) is 6.81. The molecular weight excluding hydrogens is 271 g/mol. The number of ether oxygens (including phenoxy) is 1. The fourth-order valence-electron chi connectivity index (χ4n) is 1.58. The summed E-state index contributed by atoms with van der Waals surface area (Å²) in [7, 11) is 0. The van der Waals surface area contributed by atoms with Crippen molar-refractivity contribution in [2.45, 2.75) is 38.7 Å². The highest BCUT2D eigenvalue weighted by atomic mass is 35.5. The lowest BCUT2D eigenvalue weighted by atomic mass is 10.0. The molecule has 1 unspecified atom stereocenters. The van der Waals surface area contributed by atoms with E-state index in [9.17, 15) is 14.3 Å². The van der Waals surface area contributed by atoms with Crippen LogP contribution in [0.3, 0.4) is 0 Å². The monoisotopic (exact) mass is 288 g/mol. The van der Waals surface area contributed by atoms with Crippen LogP contribution in [0, 0.1) is 5.82 Å². The molecule has 1 aromatic rings. The summed E-state index contributed by atoms with van der Waals surface area (Å²) in [4.78, 5) is 11.4. The molecule has 1 rings (SSSR count). The van der Waals surface area contributed by atoms with Crippen LogP contribution in [0.4, 0.5) is 4.39 Å². The molecule has 0 aromatic heterocycles. The van der Waals surface area contributed by atoms with Crippen LogP contribution >= 0.6 is 11.6 Å². The molecule has 19 heavy (non-hydrogen) atoms. The summed E-state index contributed by atoms with van der Waals surface area (Å²) in [6, 6.07) is 3.97. The van der Waals surface area contributed by atoms with Crippen molar-refractivity contribution in [1.29, 1.82) is 0 Å². The van der Waals surface area contributed by atoms with E-state index >= 15 is 0 Å². The summed E-state index contributed by atoms with van der Waals surface area (Å²) in [6.07, 6.45) is 0.873. The van der Waals surface area contributed by atoms with Gasteiger partial charge in [-0.15, -0.1) is 0 Å². The van der Waals surface area contributed by atoms with Crippen molar-refractivity contribution in [2.75, 3.05) is 6.61 Å². The summed E-state index contributed by atoms with van der Waals surface area (Å²) in [5.74, 6) is -0.911. The fourth-order valence-corrected chi connectivity index (χ4v) is 1.76. The van der Waals surface area contributed by atoms with Crippen molar-refractivity contribution >= 4 is 17.6 Å². The van der Waals surface area contributed by atoms with Crippen LogP contribution in [-0.2, 0) is 9.53 Å². The zero-order valence-electron chi connectivity index (χ0n) is 10.9. The third-order valence-corrected chi connectivity index (χ3v) is 2.93. The second-order valence-electron chi connectivity index (χ2n) is 4.29. The van der Waals surface area contributed by atoms with E-state index < -0.39 is 11.9 Å². The normalized spacial score (nSPS) is 12.2. The minimum Gasteiger partial charge on any atom is -0.466 e. The smallest absolute Gasteiger partial charge is 0.305 e. The largest absolute Gasteiger partial charge is 0.466 e. The van der Waals surface area contributed by atoms with Gasteiger partial charge in [-0.25, -0.2) is 4.39 Å². The Hall–Kier alpha value is -1.13. The quantitative estimate of drug-likeness (QED) is 0.615. The maximum Gasteiger partial charge on any atom is 0.305 e. The van der Waals surface area contributed by atoms with Crippen molar-refractivity contribution in [1.82, 2.24) is 0 Å². The van der Waals surface area contributed by atoms with Gasteiger partial charge in [-0.1, -0.05) is 24.9 Å². The lowest BCUT2D eigenvalue weighted by Crippen LogP contribution is -2.09. The Morgan fingerprint density at radius 3 is 2.95 bits per heavy atom. The van der Waals surface area contributed by atoms with Crippen LogP contribution in [0.5, 0.6) is 0 Å². The molecule has 0 spiro atoms. The van der Waals surface area contributed by atoms with E-state index in [4.69, 9.17) is 16.3 Å². The number of esters is 1. The Bertz CT molecular complexity index is 423. The van der Waals surface area contributed by atoms with E-state index in [1.54, 1.807) is 0 Å². The average Bonchev–Trinajstić information content (AvgIpc) is 2.39. The van der Waals surface area contributed by atoms with E-state index in [0.717, 1.165) is 12.8 Å². The van der Waals surface area contributed by atoms with E-state index in [0.29, 0.717) is 11.6 Å². The summed E-state index contributed by atoms with van der Waals surface area (Å²) in [6.45, 7) is 2.39. The number of halogens is 2. The molecular formula is C14H18ClFO3. The molecule has 0 radical (unpaired) electrons. The summed E-state index contributed by atoms with van der Waals surface area (Å²) in [5, 5.41) is 10.2. The Labute approximate surface area is 117 Å². The van der Waals surface area contributed by atoms with Gasteiger partial charge in [-0.2, -0.15) is 0 Å². The standard InChI is InChI=1S/C14H18ClFO3/c1-2-3-8-19-14(18)7-6-13(17)11-9-10(15)4-5-12(11)16/h4-5,9,13,17H,2-3,6-8H2,1H3. The molecule has 0 bridgehead atoms. The number of aliphatic hydroxyl groups excluding tert-OH is 1. The number of hydrogen-bond donors (Lipinski definition) is 1. The van der Waals surface area contributed by atoms with Crippen molar-refractivity contribution in [3.05, 3.63) is 34.6 Å². The second kappa shape index (κ2) is 8.12. The zero-order chi connectivity index (χ0) is 14.3. The number of carbonyl (C=O) groups excluding carboxylic acids is 1. The molecule has 106 valence electrons. The Morgan fingerprint density at radius 2 is 2.26 bits per heavy atom. The maximum absolute atomic E-state index is 13.5. The molecule has 1 atom stereocenters. The first-order valence-electron chi connectivity index (χ1n) is 6.33. The van der Waals surface area contributed by atoms with E-state index in [2.05, 4.69) is 0 Å². The summed E-state index contributed by atoms with van der Waals surface area (Å²) >= 11 is 5.74. The number of carbonyl (C=O) groups is 1. The summed E-state index contributed by atoms with van der Waals surface area (Å²) < 4.78 is 18.4. The van der Waals surface area contributed by atoms with Crippen molar-refractivity contribution in [2.24, 2.45) is 0 Å². The van der Waals surface area contributed by atoms with Gasteiger partial charge in [0, 0.05) is 17.0 Å². The number of hydrogen-bond acceptors (Lipinski definition) is 3. The van der Waals surface area contributed by atoms with Crippen LogP contribution in [0.15, 0.2) is 18.2 Å². The minimum atomic E-state index is -1.06. The molecule has 1 N–H and O–H groups in total. The average molecular weight is 289 g/mol. The van der Waals surface area contributed by atoms with E-state index in [1.165, 1.54) is 18.2 Å². The van der Waals surface area contributed by atoms with Gasteiger partial charge in [0.15, 0.2) is 0 Å². The first-order valence-corrected chi connectivity index (χ1v) is 6.71. The van der Waals surface area contributed by atoms with Crippen LogP contribution in [-0.4, -0.2) is 17.7 Å². The number of rotatable bonds is 7. The van der Waals surface area contributed by atoms with E-state index in [-0.39, 0.29) is 24.4 Å². The Balaban J connectivity index is 2.44. The van der Waals surface area contributed by atoms with E-state index in [1.807, 2.05) is 6.92 Å². The summed E-state index contributed by atoms with van der Waals surface area (Å²) in [5.41, 5.74) is 0.105. The third-order valence-electron chi connectivity index (χ3n) is 2.70. The molecule has 0 aliphatic carbocycles. The molecule has 3 nitrogen and oxygen atoms in total. The SMILES string of the molecule is CCCCOC(=O)CCC(O)c1cc(Cl)ccc1F. The molecule has 5 heteroatoms. The predicted octanol–water partition coefficient (Wildman–Crippen LogP) is 3.64. The lowest BCUT2D eigenvalue weighted by molar-refractivity contribution is -0.144. The number of benzene rings is 1. The van der Waals surface area contributed by atoms with Gasteiger partial charge in [0.05, 0.1) is 12.7 Å².